The lowest BCUT2D eigenvalue weighted by molar-refractivity contribution is 0.143. The highest BCUT2D eigenvalue weighted by atomic mass is 35.5. The third kappa shape index (κ3) is 3.86. The van der Waals surface area contributed by atoms with E-state index in [9.17, 15) is 9.32 Å². The number of fused-ring (bicyclic) bond motifs is 2. The highest BCUT2D eigenvalue weighted by Crippen LogP contribution is 2.56. The monoisotopic (exact) mass is 486 g/mol. The van der Waals surface area contributed by atoms with Crippen LogP contribution in [-0.2, 0) is 16.2 Å². The number of hydrogen-bond acceptors (Lipinski definition) is 6. The summed E-state index contributed by atoms with van der Waals surface area (Å²) in [4.78, 5) is 13.1. The number of nitrogens with one attached hydrogen (secondary N) is 1. The molecule has 8 heteroatoms. The van der Waals surface area contributed by atoms with Crippen LogP contribution in [0.15, 0.2) is 29.2 Å². The van der Waals surface area contributed by atoms with Gasteiger partial charge in [-0.1, -0.05) is 23.7 Å². The molecule has 2 N–H and O–H groups in total. The molecule has 2 aromatic rings. The third-order valence-electron chi connectivity index (χ3n) is 8.19. The van der Waals surface area contributed by atoms with Gasteiger partial charge in [0.2, 0.25) is 5.95 Å². The normalized spacial score (nSPS) is 27.0. The van der Waals surface area contributed by atoms with Crippen molar-refractivity contribution in [2.24, 2.45) is 0 Å². The first-order valence-electron chi connectivity index (χ1n) is 12.2. The summed E-state index contributed by atoms with van der Waals surface area (Å²) in [6.45, 7) is 1.89. The van der Waals surface area contributed by atoms with Gasteiger partial charge in [-0.25, -0.2) is 4.98 Å². The molecule has 1 spiro atoms. The van der Waals surface area contributed by atoms with Gasteiger partial charge in [-0.3, -0.25) is 4.21 Å². The summed E-state index contributed by atoms with van der Waals surface area (Å²) in [7, 11) is -1.08. The van der Waals surface area contributed by atoms with Gasteiger partial charge in [0.1, 0.15) is 10.7 Å². The lowest BCUT2D eigenvalue weighted by atomic mass is 9.77. The highest BCUT2D eigenvalue weighted by molar-refractivity contribution is 7.85. The van der Waals surface area contributed by atoms with E-state index in [1.165, 1.54) is 5.56 Å². The molecule has 0 radical (unpaired) electrons. The maximum absolute atomic E-state index is 13.1. The largest absolute Gasteiger partial charge is 0.394 e. The number of halogens is 1. The maximum Gasteiger partial charge on any atom is 0.227 e. The van der Waals surface area contributed by atoms with Crippen LogP contribution in [0.25, 0.3) is 0 Å². The van der Waals surface area contributed by atoms with Crippen molar-refractivity contribution in [2.75, 3.05) is 35.7 Å². The molecule has 2 saturated carbocycles. The summed E-state index contributed by atoms with van der Waals surface area (Å²) in [5, 5.41) is 14.4. The predicted octanol–water partition coefficient (Wildman–Crippen LogP) is 4.38. The summed E-state index contributed by atoms with van der Waals surface area (Å²) in [5.41, 5.74) is 2.00. The lowest BCUT2D eigenvalue weighted by Gasteiger charge is -2.41. The highest BCUT2D eigenvalue weighted by Gasteiger charge is 2.55. The number of nitrogens with zero attached hydrogens (tertiary/aromatic N) is 3. The van der Waals surface area contributed by atoms with Gasteiger partial charge in [0.15, 0.2) is 0 Å². The van der Waals surface area contributed by atoms with Gasteiger partial charge in [0.25, 0.3) is 0 Å². The Hall–Kier alpha value is -1.70. The molecule has 176 valence electrons. The van der Waals surface area contributed by atoms with Crippen LogP contribution in [0.5, 0.6) is 0 Å². The summed E-state index contributed by atoms with van der Waals surface area (Å²) in [5.74, 6) is 2.63. The van der Waals surface area contributed by atoms with Crippen LogP contribution >= 0.6 is 11.6 Å². The first-order valence-corrected chi connectivity index (χ1v) is 13.9. The van der Waals surface area contributed by atoms with Crippen molar-refractivity contribution in [1.82, 2.24) is 9.97 Å². The number of aromatic nitrogens is 2. The van der Waals surface area contributed by atoms with E-state index >= 15 is 0 Å². The van der Waals surface area contributed by atoms with Gasteiger partial charge in [-0.05, 0) is 75.0 Å². The van der Waals surface area contributed by atoms with Crippen LogP contribution in [0.4, 0.5) is 11.8 Å². The van der Waals surface area contributed by atoms with E-state index in [2.05, 4.69) is 22.3 Å². The second kappa shape index (κ2) is 8.21. The van der Waals surface area contributed by atoms with Gasteiger partial charge in [0, 0.05) is 29.3 Å². The van der Waals surface area contributed by atoms with Crippen LogP contribution in [-0.4, -0.2) is 50.3 Å². The molecule has 2 aliphatic carbocycles. The second-order valence-corrected chi connectivity index (χ2v) is 12.2. The fraction of sp³-hybridized carbons (Fsp3) is 0.600. The molecule has 3 fully saturated rings. The van der Waals surface area contributed by atoms with E-state index in [-0.39, 0.29) is 17.6 Å². The third-order valence-corrected chi connectivity index (χ3v) is 10.1. The SMILES string of the molecule is O=S1CC2(CC2)c2nc(N3CCCC(c4ccc(Cl)cc4)CC3)nc(NC3(CO)CCC3)c21. The number of anilines is 2. The van der Waals surface area contributed by atoms with Gasteiger partial charge in [-0.2, -0.15) is 4.98 Å². The number of benzene rings is 1. The molecule has 1 saturated heterocycles. The predicted molar refractivity (Wildman–Crippen MR) is 132 cm³/mol. The van der Waals surface area contributed by atoms with Crippen molar-refractivity contribution >= 4 is 34.2 Å². The van der Waals surface area contributed by atoms with Crippen molar-refractivity contribution < 1.29 is 9.32 Å². The molecule has 0 bridgehead atoms. The molecule has 3 heterocycles. The standard InChI is InChI=1S/C25H31ClN4O2S/c26-19-6-4-18(5-7-19)17-3-1-13-30(14-8-17)23-27-21-20(33(32)16-24(21)11-12-24)22(28-23)29-25(15-31)9-2-10-25/h4-7,17,31H,1-3,8-16H2,(H,27,28,29). The average Bonchev–Trinajstić information content (AvgIpc) is 3.55. The van der Waals surface area contributed by atoms with E-state index in [0.717, 1.165) is 86.0 Å². The van der Waals surface area contributed by atoms with Crippen molar-refractivity contribution in [3.05, 3.63) is 40.5 Å². The molecule has 2 atom stereocenters. The fourth-order valence-corrected chi connectivity index (χ4v) is 7.69. The van der Waals surface area contributed by atoms with Crippen LogP contribution < -0.4 is 10.2 Å². The smallest absolute Gasteiger partial charge is 0.227 e. The topological polar surface area (TPSA) is 78.4 Å². The minimum atomic E-state index is -1.08. The summed E-state index contributed by atoms with van der Waals surface area (Å²) < 4.78 is 13.1. The van der Waals surface area contributed by atoms with Crippen molar-refractivity contribution in [2.45, 2.75) is 73.1 Å². The summed E-state index contributed by atoms with van der Waals surface area (Å²) in [6.07, 6.45) is 8.31. The van der Waals surface area contributed by atoms with Crippen LogP contribution in [0, 0.1) is 0 Å². The van der Waals surface area contributed by atoms with Crippen molar-refractivity contribution in [1.29, 1.82) is 0 Å². The zero-order valence-corrected chi connectivity index (χ0v) is 20.4. The van der Waals surface area contributed by atoms with Crippen LogP contribution in [0.3, 0.4) is 0 Å². The zero-order chi connectivity index (χ0) is 22.6. The minimum Gasteiger partial charge on any atom is -0.394 e. The Labute approximate surface area is 202 Å². The van der Waals surface area contributed by atoms with Gasteiger partial charge in [-0.15, -0.1) is 0 Å². The Kier molecular flexibility index (Phi) is 5.42. The van der Waals surface area contributed by atoms with Gasteiger partial charge < -0.3 is 15.3 Å². The molecule has 33 heavy (non-hydrogen) atoms. The molecule has 1 aromatic heterocycles. The zero-order valence-electron chi connectivity index (χ0n) is 18.9. The molecule has 2 aliphatic heterocycles. The molecule has 1 aromatic carbocycles. The van der Waals surface area contributed by atoms with E-state index < -0.39 is 10.8 Å². The summed E-state index contributed by atoms with van der Waals surface area (Å²) >= 11 is 6.09. The Morgan fingerprint density at radius 2 is 1.88 bits per heavy atom. The molecule has 6 nitrogen and oxygen atoms in total. The number of rotatable bonds is 5. The number of aliphatic hydroxyl groups is 1. The van der Waals surface area contributed by atoms with Crippen molar-refractivity contribution in [3.8, 4) is 0 Å². The Balaban J connectivity index is 1.30. The first kappa shape index (κ1) is 21.8. The molecular weight excluding hydrogens is 456 g/mol. The lowest BCUT2D eigenvalue weighted by Crippen LogP contribution is -2.48. The second-order valence-electron chi connectivity index (χ2n) is 10.4. The van der Waals surface area contributed by atoms with E-state index in [1.54, 1.807) is 0 Å². The first-order chi connectivity index (χ1) is 16.0. The Morgan fingerprint density at radius 3 is 2.55 bits per heavy atom. The Morgan fingerprint density at radius 1 is 1.09 bits per heavy atom. The van der Waals surface area contributed by atoms with E-state index in [1.807, 2.05) is 12.1 Å². The minimum absolute atomic E-state index is 0.0159. The molecule has 2 unspecified atom stereocenters. The van der Waals surface area contributed by atoms with Crippen molar-refractivity contribution in [3.63, 3.8) is 0 Å². The van der Waals surface area contributed by atoms with Gasteiger partial charge in [0.05, 0.1) is 28.6 Å². The average molecular weight is 487 g/mol. The molecule has 6 rings (SSSR count). The molecule has 0 amide bonds. The number of hydrogen-bond donors (Lipinski definition) is 2. The molecule has 4 aliphatic rings. The maximum atomic E-state index is 13.1. The summed E-state index contributed by atoms with van der Waals surface area (Å²) in [6, 6.07) is 8.26. The van der Waals surface area contributed by atoms with E-state index in [4.69, 9.17) is 21.6 Å². The Bertz CT molecular complexity index is 1080. The van der Waals surface area contributed by atoms with Crippen LogP contribution in [0.2, 0.25) is 5.02 Å². The quantitative estimate of drug-likeness (QED) is 0.652. The molecular formula is C25H31ClN4O2S. The fourth-order valence-electron chi connectivity index (χ4n) is 5.71. The van der Waals surface area contributed by atoms with E-state index in [0.29, 0.717) is 17.5 Å². The van der Waals surface area contributed by atoms with Crippen LogP contribution in [0.1, 0.15) is 68.5 Å². The number of aliphatic hydroxyl groups excluding tert-OH is 1. The van der Waals surface area contributed by atoms with Gasteiger partial charge >= 0.3 is 0 Å².